The van der Waals surface area contributed by atoms with Crippen LogP contribution in [0.3, 0.4) is 0 Å². The quantitative estimate of drug-likeness (QED) is 0.0211. The third kappa shape index (κ3) is 64.5. The van der Waals surface area contributed by atoms with E-state index in [2.05, 4.69) is 184 Å². The van der Waals surface area contributed by atoms with Crippen molar-refractivity contribution in [2.24, 2.45) is 0 Å². The summed E-state index contributed by atoms with van der Waals surface area (Å²) in [6, 6.07) is 0. The highest BCUT2D eigenvalue weighted by Crippen LogP contribution is 2.43. The fourth-order valence-electron chi connectivity index (χ4n) is 7.92. The Balaban J connectivity index is 4.24. The van der Waals surface area contributed by atoms with Gasteiger partial charge >= 0.3 is 19.8 Å². The lowest BCUT2D eigenvalue weighted by molar-refractivity contribution is -0.870. The Kier molecular flexibility index (Phi) is 57.5. The molecular formula is C72H117NO8P+. The number of nitrogens with zero attached hydrogens (tertiary/aromatic N) is 1. The van der Waals surface area contributed by atoms with Gasteiger partial charge in [0, 0.05) is 12.8 Å². The summed E-state index contributed by atoms with van der Waals surface area (Å²) >= 11 is 0. The summed E-state index contributed by atoms with van der Waals surface area (Å²) in [5, 5.41) is 0. The molecule has 2 unspecified atom stereocenters. The zero-order valence-electron chi connectivity index (χ0n) is 52.4. The molecule has 0 radical (unpaired) electrons. The van der Waals surface area contributed by atoms with Crippen molar-refractivity contribution in [2.45, 2.75) is 225 Å². The summed E-state index contributed by atoms with van der Waals surface area (Å²) in [5.41, 5.74) is 0. The first-order chi connectivity index (χ1) is 40.0. The molecule has 0 amide bonds. The molecule has 0 bridgehead atoms. The molecule has 0 heterocycles. The van der Waals surface area contributed by atoms with Gasteiger partial charge in [-0.25, -0.2) is 4.57 Å². The number of carbonyl (C=O) groups is 2. The summed E-state index contributed by atoms with van der Waals surface area (Å²) in [4.78, 5) is 35.8. The lowest BCUT2D eigenvalue weighted by Gasteiger charge is -2.24. The van der Waals surface area contributed by atoms with Crippen LogP contribution in [0.1, 0.15) is 219 Å². The van der Waals surface area contributed by atoms with E-state index < -0.39 is 26.5 Å². The Labute approximate surface area is 502 Å². The molecule has 82 heavy (non-hydrogen) atoms. The molecule has 0 saturated heterocycles. The smallest absolute Gasteiger partial charge is 0.462 e. The van der Waals surface area contributed by atoms with Crippen molar-refractivity contribution in [1.82, 2.24) is 0 Å². The van der Waals surface area contributed by atoms with E-state index in [9.17, 15) is 19.0 Å². The molecular weight excluding hydrogens is 1040 g/mol. The maximum Gasteiger partial charge on any atom is 0.472 e. The number of phosphoric acid groups is 1. The van der Waals surface area contributed by atoms with Crippen LogP contribution in [0, 0.1) is 0 Å². The molecule has 0 rings (SSSR count). The van der Waals surface area contributed by atoms with Gasteiger partial charge in [0.05, 0.1) is 27.7 Å². The molecule has 0 aromatic rings. The summed E-state index contributed by atoms with van der Waals surface area (Å²) in [6.45, 7) is 4.15. The number of ether oxygens (including phenoxy) is 2. The minimum Gasteiger partial charge on any atom is -0.462 e. The Bertz CT molecular complexity index is 1990. The normalized spacial score (nSPS) is 14.4. The van der Waals surface area contributed by atoms with Crippen LogP contribution in [0.15, 0.2) is 170 Å². The molecule has 0 aromatic carbocycles. The van der Waals surface area contributed by atoms with E-state index in [1.807, 2.05) is 21.1 Å². The summed E-state index contributed by atoms with van der Waals surface area (Å²) in [6.07, 6.45) is 92.8. The van der Waals surface area contributed by atoms with Crippen LogP contribution in [-0.4, -0.2) is 74.9 Å². The van der Waals surface area contributed by atoms with Crippen LogP contribution in [0.5, 0.6) is 0 Å². The first-order valence-electron chi connectivity index (χ1n) is 31.9. The van der Waals surface area contributed by atoms with Crippen LogP contribution in [-0.2, 0) is 32.7 Å². The van der Waals surface area contributed by atoms with Crippen molar-refractivity contribution in [3.63, 3.8) is 0 Å². The van der Waals surface area contributed by atoms with Gasteiger partial charge < -0.3 is 18.9 Å². The molecule has 0 aromatic heterocycles. The van der Waals surface area contributed by atoms with Crippen molar-refractivity contribution in [1.29, 1.82) is 0 Å². The third-order valence-electron chi connectivity index (χ3n) is 12.7. The van der Waals surface area contributed by atoms with E-state index in [1.54, 1.807) is 0 Å². The highest BCUT2D eigenvalue weighted by Gasteiger charge is 2.27. The SMILES string of the molecule is CC/C=C\C/C=C\C/C=C\C/C=C\C/C=C\C/C=C\C/C=C\CCCCCCCCCC(=O)OCC(COP(=O)(O)OCC[N+](C)(C)C)OC(=O)CCCCCCCCC/C=C\C/C=C\C/C=C\C/C=C\C/C=C\C/C=C\C/C=C\CC. The number of likely N-dealkylation sites (N-methyl/N-ethyl adjacent to an activating group) is 1. The van der Waals surface area contributed by atoms with Gasteiger partial charge in [-0.15, -0.1) is 0 Å². The van der Waals surface area contributed by atoms with Gasteiger partial charge in [0.15, 0.2) is 6.10 Å². The van der Waals surface area contributed by atoms with E-state index in [4.69, 9.17) is 18.5 Å². The lowest BCUT2D eigenvalue weighted by atomic mass is 10.1. The minimum atomic E-state index is -4.41. The van der Waals surface area contributed by atoms with E-state index >= 15 is 0 Å². The minimum absolute atomic E-state index is 0.0170. The number of hydrogen-bond donors (Lipinski definition) is 1. The maximum atomic E-state index is 12.9. The Morgan fingerprint density at radius 2 is 0.659 bits per heavy atom. The number of carbonyl (C=O) groups excluding carboxylic acids is 2. The van der Waals surface area contributed by atoms with Crippen molar-refractivity contribution in [3.05, 3.63) is 170 Å². The molecule has 0 saturated carbocycles. The van der Waals surface area contributed by atoms with Gasteiger partial charge in [0.1, 0.15) is 19.8 Å². The Morgan fingerprint density at radius 1 is 0.378 bits per heavy atom. The molecule has 0 aliphatic heterocycles. The number of rotatable bonds is 56. The van der Waals surface area contributed by atoms with E-state index in [1.165, 1.54) is 38.5 Å². The average Bonchev–Trinajstić information content (AvgIpc) is 3.44. The van der Waals surface area contributed by atoms with Crippen molar-refractivity contribution >= 4 is 19.8 Å². The highest BCUT2D eigenvalue weighted by atomic mass is 31.2. The first-order valence-corrected chi connectivity index (χ1v) is 33.4. The van der Waals surface area contributed by atoms with E-state index in [-0.39, 0.29) is 32.0 Å². The fourth-order valence-corrected chi connectivity index (χ4v) is 8.66. The molecule has 462 valence electrons. The van der Waals surface area contributed by atoms with Crippen LogP contribution in [0.25, 0.3) is 0 Å². The molecule has 2 atom stereocenters. The van der Waals surface area contributed by atoms with Gasteiger partial charge in [0.25, 0.3) is 0 Å². The summed E-state index contributed by atoms with van der Waals surface area (Å²) in [5.74, 6) is -0.837. The van der Waals surface area contributed by atoms with Crippen molar-refractivity contribution < 1.29 is 42.1 Å². The highest BCUT2D eigenvalue weighted by molar-refractivity contribution is 7.47. The average molecular weight is 1160 g/mol. The largest absolute Gasteiger partial charge is 0.472 e. The zero-order valence-corrected chi connectivity index (χ0v) is 53.3. The number of allylic oxidation sites excluding steroid dienone is 28. The van der Waals surface area contributed by atoms with Crippen LogP contribution >= 0.6 is 7.82 Å². The Hall–Kier alpha value is -4.63. The summed E-state index contributed by atoms with van der Waals surface area (Å²) < 4.78 is 34.6. The number of unbranched alkanes of at least 4 members (excludes halogenated alkanes) is 14. The van der Waals surface area contributed by atoms with Gasteiger partial charge in [-0.05, 0) is 128 Å². The number of hydrogen-bond acceptors (Lipinski definition) is 7. The monoisotopic (exact) mass is 1150 g/mol. The number of phosphoric ester groups is 1. The molecule has 1 N–H and O–H groups in total. The van der Waals surface area contributed by atoms with Crippen LogP contribution in [0.4, 0.5) is 0 Å². The fraction of sp³-hybridized carbons (Fsp3) is 0.583. The predicted molar refractivity (Wildman–Crippen MR) is 353 cm³/mol. The molecule has 9 nitrogen and oxygen atoms in total. The number of quaternary nitrogens is 1. The second kappa shape index (κ2) is 60.9. The molecule has 0 fully saturated rings. The van der Waals surface area contributed by atoms with E-state index in [0.29, 0.717) is 23.9 Å². The predicted octanol–water partition coefficient (Wildman–Crippen LogP) is 20.6. The topological polar surface area (TPSA) is 108 Å². The van der Waals surface area contributed by atoms with Gasteiger partial charge in [-0.2, -0.15) is 0 Å². The molecule has 10 heteroatoms. The van der Waals surface area contributed by atoms with E-state index in [0.717, 1.165) is 141 Å². The summed E-state index contributed by atoms with van der Waals surface area (Å²) in [7, 11) is 1.43. The third-order valence-corrected chi connectivity index (χ3v) is 13.7. The van der Waals surface area contributed by atoms with Crippen LogP contribution in [0.2, 0.25) is 0 Å². The molecule has 0 spiro atoms. The second-order valence-electron chi connectivity index (χ2n) is 21.7. The van der Waals surface area contributed by atoms with Crippen molar-refractivity contribution in [3.8, 4) is 0 Å². The van der Waals surface area contributed by atoms with Gasteiger partial charge in [0.2, 0.25) is 0 Å². The van der Waals surface area contributed by atoms with Gasteiger partial charge in [-0.3, -0.25) is 18.6 Å². The van der Waals surface area contributed by atoms with Gasteiger partial charge in [-0.1, -0.05) is 248 Å². The molecule has 0 aliphatic carbocycles. The van der Waals surface area contributed by atoms with Crippen molar-refractivity contribution in [2.75, 3.05) is 47.5 Å². The van der Waals surface area contributed by atoms with Crippen LogP contribution < -0.4 is 0 Å². The Morgan fingerprint density at radius 3 is 0.976 bits per heavy atom. The number of esters is 2. The maximum absolute atomic E-state index is 12.9. The standard InChI is InChI=1S/C72H116NO8P/c1-6-8-10-12-14-16-18-20-22-24-26-28-30-32-34-36-38-40-42-44-46-48-50-52-54-56-58-60-62-64-71(74)78-68-70(69-80-82(76,77)79-67-66-73(3,4)5)81-72(75)65-63-61-59-57-55-53-51-49-47-45-43-41-39-37-35-33-31-29-27-25-23-21-19-17-15-13-11-9-7-2/h8-11,14-17,20-23,26-29,32-35,38-41,44-47,70H,6-7,12-13,18-19,24-25,30-31,36-37,42-43,48-69H2,1-5H3/p+1/b10-8-,11-9-,16-14-,17-15-,22-20-,23-21-,28-26-,29-27-,34-32-,35-33-,40-38-,41-39-,46-44-,47-45-. The first kappa shape index (κ1) is 77.4. The lowest BCUT2D eigenvalue weighted by Crippen LogP contribution is -2.37. The second-order valence-corrected chi connectivity index (χ2v) is 23.1. The zero-order chi connectivity index (χ0) is 59.8. The molecule has 0 aliphatic rings.